The Morgan fingerprint density at radius 2 is 1.90 bits per heavy atom. The number of hydrogen-bond acceptors (Lipinski definition) is 3. The zero-order valence-electron chi connectivity index (χ0n) is 11.3. The quantitative estimate of drug-likeness (QED) is 0.677. The van der Waals surface area contributed by atoms with Crippen molar-refractivity contribution in [2.75, 3.05) is 0 Å². The number of nitro groups is 1. The number of hydrogen-bond donors (Lipinski definition) is 1. The van der Waals surface area contributed by atoms with Gasteiger partial charge in [-0.05, 0) is 30.2 Å². The topological polar surface area (TPSA) is 72.2 Å². The summed E-state index contributed by atoms with van der Waals surface area (Å²) in [4.78, 5) is 22.7. The molecule has 6 heteroatoms. The Kier molecular flexibility index (Phi) is 4.70. The first-order chi connectivity index (χ1) is 9.99. The van der Waals surface area contributed by atoms with Crippen LogP contribution >= 0.6 is 15.9 Å². The molecule has 0 fully saturated rings. The molecule has 0 heterocycles. The fourth-order valence-corrected chi connectivity index (χ4v) is 2.24. The predicted molar refractivity (Wildman–Crippen MR) is 83.1 cm³/mol. The molecule has 0 aliphatic rings. The molecule has 1 N–H and O–H groups in total. The molecule has 0 unspecified atom stereocenters. The van der Waals surface area contributed by atoms with Gasteiger partial charge in [-0.15, -0.1) is 0 Å². The van der Waals surface area contributed by atoms with E-state index in [1.807, 2.05) is 24.3 Å². The Balaban J connectivity index is 2.17. The van der Waals surface area contributed by atoms with Crippen molar-refractivity contribution >= 4 is 27.5 Å². The molecule has 0 aromatic heterocycles. The second-order valence-electron chi connectivity index (χ2n) is 4.54. The lowest BCUT2D eigenvalue weighted by Crippen LogP contribution is -2.24. The van der Waals surface area contributed by atoms with Crippen molar-refractivity contribution in [3.8, 4) is 0 Å². The van der Waals surface area contributed by atoms with E-state index >= 15 is 0 Å². The van der Waals surface area contributed by atoms with Gasteiger partial charge in [0.2, 0.25) is 0 Å². The smallest absolute Gasteiger partial charge is 0.282 e. The first kappa shape index (κ1) is 15.2. The fraction of sp³-hybridized carbons (Fsp3) is 0.133. The van der Waals surface area contributed by atoms with Crippen molar-refractivity contribution in [3.63, 3.8) is 0 Å². The van der Waals surface area contributed by atoms with Gasteiger partial charge in [0.05, 0.1) is 4.92 Å². The van der Waals surface area contributed by atoms with Gasteiger partial charge in [-0.3, -0.25) is 14.9 Å². The minimum absolute atomic E-state index is 0.111. The van der Waals surface area contributed by atoms with Gasteiger partial charge < -0.3 is 5.32 Å². The molecule has 21 heavy (non-hydrogen) atoms. The van der Waals surface area contributed by atoms with Gasteiger partial charge in [0.15, 0.2) is 0 Å². The highest BCUT2D eigenvalue weighted by atomic mass is 79.9. The summed E-state index contributed by atoms with van der Waals surface area (Å²) in [7, 11) is 0. The summed E-state index contributed by atoms with van der Waals surface area (Å²) in [6.45, 7) is 2.00. The fourth-order valence-electron chi connectivity index (χ4n) is 1.97. The van der Waals surface area contributed by atoms with Crippen LogP contribution in [0, 0.1) is 17.0 Å². The van der Waals surface area contributed by atoms with Crippen molar-refractivity contribution in [1.29, 1.82) is 0 Å². The highest BCUT2D eigenvalue weighted by Gasteiger charge is 2.21. The summed E-state index contributed by atoms with van der Waals surface area (Å²) in [6, 6.07) is 12.1. The molecule has 0 aliphatic heterocycles. The lowest BCUT2D eigenvalue weighted by molar-refractivity contribution is -0.385. The van der Waals surface area contributed by atoms with E-state index in [2.05, 4.69) is 21.2 Å². The molecule has 1 amide bonds. The lowest BCUT2D eigenvalue weighted by Gasteiger charge is -2.08. The summed E-state index contributed by atoms with van der Waals surface area (Å²) in [5.74, 6) is -0.442. The maximum atomic E-state index is 12.2. The minimum Gasteiger partial charge on any atom is -0.348 e. The van der Waals surface area contributed by atoms with Crippen LogP contribution < -0.4 is 5.32 Å². The number of nitro benzene ring substituents is 1. The first-order valence-electron chi connectivity index (χ1n) is 6.25. The van der Waals surface area contributed by atoms with Crippen molar-refractivity contribution in [2.24, 2.45) is 0 Å². The molecule has 5 nitrogen and oxygen atoms in total. The van der Waals surface area contributed by atoms with Crippen molar-refractivity contribution in [1.82, 2.24) is 5.32 Å². The molecule has 0 aliphatic carbocycles. The van der Waals surface area contributed by atoms with E-state index in [-0.39, 0.29) is 11.3 Å². The van der Waals surface area contributed by atoms with E-state index in [1.54, 1.807) is 19.1 Å². The summed E-state index contributed by atoms with van der Waals surface area (Å²) < 4.78 is 0.951. The highest BCUT2D eigenvalue weighted by molar-refractivity contribution is 9.10. The van der Waals surface area contributed by atoms with E-state index in [1.165, 1.54) is 6.07 Å². The molecule has 2 aromatic carbocycles. The van der Waals surface area contributed by atoms with Crippen LogP contribution in [0.25, 0.3) is 0 Å². The largest absolute Gasteiger partial charge is 0.348 e. The predicted octanol–water partition coefficient (Wildman–Crippen LogP) is 3.60. The van der Waals surface area contributed by atoms with Crippen molar-refractivity contribution in [2.45, 2.75) is 13.5 Å². The maximum Gasteiger partial charge on any atom is 0.282 e. The second-order valence-corrected chi connectivity index (χ2v) is 5.45. The molecule has 0 atom stereocenters. The number of aryl methyl sites for hydroxylation is 1. The monoisotopic (exact) mass is 348 g/mol. The van der Waals surface area contributed by atoms with Gasteiger partial charge in [-0.1, -0.05) is 40.2 Å². The van der Waals surface area contributed by atoms with Crippen LogP contribution in [0.3, 0.4) is 0 Å². The number of rotatable bonds is 4. The molecule has 2 aromatic rings. The molecule has 0 saturated heterocycles. The van der Waals surface area contributed by atoms with Crippen LogP contribution in [-0.4, -0.2) is 10.8 Å². The number of carbonyl (C=O) groups excluding carboxylic acids is 1. The Hall–Kier alpha value is -2.21. The summed E-state index contributed by atoms with van der Waals surface area (Å²) in [5.41, 5.74) is 1.43. The second kappa shape index (κ2) is 6.49. The highest BCUT2D eigenvalue weighted by Crippen LogP contribution is 2.21. The van der Waals surface area contributed by atoms with Crippen LogP contribution in [0.4, 0.5) is 5.69 Å². The number of nitrogens with zero attached hydrogens (tertiary/aromatic N) is 1. The van der Waals surface area contributed by atoms with Gasteiger partial charge in [0.25, 0.3) is 11.6 Å². The zero-order valence-corrected chi connectivity index (χ0v) is 12.9. The molecule has 2 rings (SSSR count). The third-order valence-corrected chi connectivity index (χ3v) is 3.57. The molecule has 0 spiro atoms. The van der Waals surface area contributed by atoms with E-state index in [9.17, 15) is 14.9 Å². The van der Waals surface area contributed by atoms with Crippen LogP contribution in [0.2, 0.25) is 0 Å². The summed E-state index contributed by atoms with van der Waals surface area (Å²) >= 11 is 3.33. The van der Waals surface area contributed by atoms with Crippen LogP contribution in [0.5, 0.6) is 0 Å². The Morgan fingerprint density at radius 3 is 2.52 bits per heavy atom. The van der Waals surface area contributed by atoms with E-state index in [0.717, 1.165) is 10.0 Å². The molecule has 0 radical (unpaired) electrons. The van der Waals surface area contributed by atoms with E-state index in [4.69, 9.17) is 0 Å². The van der Waals surface area contributed by atoms with E-state index in [0.29, 0.717) is 12.1 Å². The first-order valence-corrected chi connectivity index (χ1v) is 7.05. The van der Waals surface area contributed by atoms with Crippen molar-refractivity contribution in [3.05, 3.63) is 73.7 Å². The summed E-state index contributed by atoms with van der Waals surface area (Å²) in [5, 5.41) is 13.7. The molecule has 0 bridgehead atoms. The zero-order chi connectivity index (χ0) is 15.4. The van der Waals surface area contributed by atoms with Gasteiger partial charge in [-0.2, -0.15) is 0 Å². The standard InChI is InChI=1S/C15H13BrN2O3/c1-10-3-2-4-13(18(20)21)14(10)15(19)17-9-11-5-7-12(16)8-6-11/h2-8H,9H2,1H3,(H,17,19). The number of carbonyl (C=O) groups is 1. The average Bonchev–Trinajstić information content (AvgIpc) is 2.46. The molecular weight excluding hydrogens is 336 g/mol. The van der Waals surface area contributed by atoms with Crippen LogP contribution in [-0.2, 0) is 6.54 Å². The maximum absolute atomic E-state index is 12.2. The normalized spacial score (nSPS) is 10.2. The summed E-state index contributed by atoms with van der Waals surface area (Å²) in [6.07, 6.45) is 0. The number of nitrogens with one attached hydrogen (secondary N) is 1. The average molecular weight is 349 g/mol. The number of halogens is 1. The SMILES string of the molecule is Cc1cccc([N+](=O)[O-])c1C(=O)NCc1ccc(Br)cc1. The third kappa shape index (κ3) is 3.66. The van der Waals surface area contributed by atoms with Gasteiger partial charge in [0.1, 0.15) is 5.56 Å². The van der Waals surface area contributed by atoms with Crippen molar-refractivity contribution < 1.29 is 9.72 Å². The number of amides is 1. The molecule has 0 saturated carbocycles. The molecule has 108 valence electrons. The van der Waals surface area contributed by atoms with Crippen LogP contribution in [0.15, 0.2) is 46.9 Å². The van der Waals surface area contributed by atoms with Gasteiger partial charge in [0, 0.05) is 17.1 Å². The van der Waals surface area contributed by atoms with E-state index < -0.39 is 10.8 Å². The Morgan fingerprint density at radius 1 is 1.24 bits per heavy atom. The number of benzene rings is 2. The minimum atomic E-state index is -0.540. The third-order valence-electron chi connectivity index (χ3n) is 3.04. The van der Waals surface area contributed by atoms with Gasteiger partial charge in [-0.25, -0.2) is 0 Å². The Labute approximate surface area is 130 Å². The van der Waals surface area contributed by atoms with Gasteiger partial charge >= 0.3 is 0 Å². The molecular formula is C15H13BrN2O3. The lowest BCUT2D eigenvalue weighted by atomic mass is 10.1. The Bertz CT molecular complexity index is 684. The van der Waals surface area contributed by atoms with Crippen LogP contribution in [0.1, 0.15) is 21.5 Å².